The largest absolute Gasteiger partial charge is 0.508 e. The lowest BCUT2D eigenvalue weighted by atomic mass is 9.96. The predicted octanol–water partition coefficient (Wildman–Crippen LogP) is 6.24. The zero-order chi connectivity index (χ0) is 21.1. The normalized spacial score (nSPS) is 10.7. The number of benzene rings is 3. The maximum Gasteiger partial charge on any atom is 0.319 e. The van der Waals surface area contributed by atoms with Gasteiger partial charge in [-0.25, -0.2) is 4.79 Å². The van der Waals surface area contributed by atoms with E-state index < -0.39 is 6.03 Å². The summed E-state index contributed by atoms with van der Waals surface area (Å²) < 4.78 is 0. The summed E-state index contributed by atoms with van der Waals surface area (Å²) in [5, 5.41) is 17.9. The van der Waals surface area contributed by atoms with E-state index in [1.54, 1.807) is 48.8 Å². The summed E-state index contributed by atoms with van der Waals surface area (Å²) in [5.41, 5.74) is 3.23. The van der Waals surface area contributed by atoms with Crippen LogP contribution in [0.2, 0.25) is 10.0 Å². The number of rotatable bonds is 4. The third kappa shape index (κ3) is 4.17. The molecule has 0 aliphatic rings. The summed E-state index contributed by atoms with van der Waals surface area (Å²) >= 11 is 12.1. The van der Waals surface area contributed by atoms with Crippen LogP contribution in [0.3, 0.4) is 0 Å². The van der Waals surface area contributed by atoms with Crippen LogP contribution in [0.25, 0.3) is 21.9 Å². The van der Waals surface area contributed by atoms with Crippen molar-refractivity contribution in [1.29, 1.82) is 0 Å². The molecule has 0 saturated carbocycles. The molecule has 0 radical (unpaired) electrons. The van der Waals surface area contributed by atoms with Crippen molar-refractivity contribution < 1.29 is 9.90 Å². The molecule has 150 valence electrons. The molecule has 0 spiro atoms. The Bertz CT molecular complexity index is 1240. The highest BCUT2D eigenvalue weighted by Gasteiger charge is 2.11. The van der Waals surface area contributed by atoms with E-state index in [0.29, 0.717) is 22.3 Å². The Balaban J connectivity index is 1.57. The summed E-state index contributed by atoms with van der Waals surface area (Å²) in [7, 11) is 0. The molecule has 5 nitrogen and oxygen atoms in total. The lowest BCUT2D eigenvalue weighted by molar-refractivity contribution is 0.252. The first-order valence-electron chi connectivity index (χ1n) is 9.17. The number of amides is 2. The van der Waals surface area contributed by atoms with Crippen LogP contribution in [0.5, 0.6) is 5.75 Å². The van der Waals surface area contributed by atoms with Gasteiger partial charge in [-0.1, -0.05) is 53.5 Å². The van der Waals surface area contributed by atoms with Crippen molar-refractivity contribution in [3.8, 4) is 16.9 Å². The molecule has 30 heavy (non-hydrogen) atoms. The molecular weight excluding hydrogens is 421 g/mol. The zero-order valence-electron chi connectivity index (χ0n) is 15.7. The number of halogens is 2. The van der Waals surface area contributed by atoms with E-state index in [-0.39, 0.29) is 5.75 Å². The summed E-state index contributed by atoms with van der Waals surface area (Å²) in [6.45, 7) is 0.298. The SMILES string of the molecule is O=C(NCc1ccc(-c2cccc(O)c2)c2ccncc12)Nc1cccc(Cl)c1Cl. The standard InChI is InChI=1S/C23H17Cl2N3O2/c24-20-5-2-6-21(22(20)25)28-23(30)27-12-15-7-8-17(14-3-1-4-16(29)11-14)18-9-10-26-13-19(15)18/h1-11,13,29H,12H2,(H2,27,28,30). The van der Waals surface area contributed by atoms with Crippen molar-refractivity contribution in [2.75, 3.05) is 5.32 Å². The Labute approximate surface area is 183 Å². The van der Waals surface area contributed by atoms with Gasteiger partial charge in [0.15, 0.2) is 0 Å². The van der Waals surface area contributed by atoms with Crippen molar-refractivity contribution in [1.82, 2.24) is 10.3 Å². The fourth-order valence-corrected chi connectivity index (χ4v) is 3.62. The number of pyridine rings is 1. The topological polar surface area (TPSA) is 74.2 Å². The molecule has 0 aliphatic heterocycles. The van der Waals surface area contributed by atoms with Crippen molar-refractivity contribution in [3.05, 3.63) is 88.7 Å². The quantitative estimate of drug-likeness (QED) is 0.353. The van der Waals surface area contributed by atoms with Gasteiger partial charge in [0.25, 0.3) is 0 Å². The first-order chi connectivity index (χ1) is 14.5. The van der Waals surface area contributed by atoms with E-state index in [1.807, 2.05) is 24.3 Å². The lowest BCUT2D eigenvalue weighted by Gasteiger charge is -2.13. The van der Waals surface area contributed by atoms with Crippen LogP contribution in [0, 0.1) is 0 Å². The lowest BCUT2D eigenvalue weighted by Crippen LogP contribution is -2.28. The Kier molecular flexibility index (Phi) is 5.74. The monoisotopic (exact) mass is 437 g/mol. The molecule has 0 atom stereocenters. The van der Waals surface area contributed by atoms with Gasteiger partial charge >= 0.3 is 6.03 Å². The molecular formula is C23H17Cl2N3O2. The second-order valence-electron chi connectivity index (χ2n) is 6.65. The van der Waals surface area contributed by atoms with Gasteiger partial charge in [-0.05, 0) is 52.4 Å². The molecule has 0 unspecified atom stereocenters. The van der Waals surface area contributed by atoms with Gasteiger partial charge in [-0.15, -0.1) is 0 Å². The molecule has 4 rings (SSSR count). The number of phenolic OH excluding ortho intramolecular Hbond substituents is 1. The average Bonchev–Trinajstić information content (AvgIpc) is 2.75. The molecule has 7 heteroatoms. The summed E-state index contributed by atoms with van der Waals surface area (Å²) in [6, 6.07) is 17.6. The van der Waals surface area contributed by atoms with Crippen LogP contribution in [0.1, 0.15) is 5.56 Å². The number of aromatic hydroxyl groups is 1. The summed E-state index contributed by atoms with van der Waals surface area (Å²) in [4.78, 5) is 16.6. The Morgan fingerprint density at radius 1 is 1.00 bits per heavy atom. The number of anilines is 1. The van der Waals surface area contributed by atoms with Gasteiger partial charge in [-0.3, -0.25) is 4.98 Å². The molecule has 3 N–H and O–H groups in total. The fraction of sp³-hybridized carbons (Fsp3) is 0.0435. The van der Waals surface area contributed by atoms with Gasteiger partial charge in [0.05, 0.1) is 15.7 Å². The number of phenols is 1. The summed E-state index contributed by atoms with van der Waals surface area (Å²) in [5.74, 6) is 0.205. The Morgan fingerprint density at radius 3 is 2.67 bits per heavy atom. The number of hydrogen-bond donors (Lipinski definition) is 3. The molecule has 3 aromatic carbocycles. The van der Waals surface area contributed by atoms with Gasteiger partial charge in [-0.2, -0.15) is 0 Å². The minimum Gasteiger partial charge on any atom is -0.508 e. The van der Waals surface area contributed by atoms with E-state index >= 15 is 0 Å². The number of nitrogens with one attached hydrogen (secondary N) is 2. The molecule has 0 aliphatic carbocycles. The Morgan fingerprint density at radius 2 is 1.83 bits per heavy atom. The Hall–Kier alpha value is -3.28. The number of nitrogens with zero attached hydrogens (tertiary/aromatic N) is 1. The van der Waals surface area contributed by atoms with Gasteiger partial charge in [0.2, 0.25) is 0 Å². The maximum absolute atomic E-state index is 12.3. The third-order valence-electron chi connectivity index (χ3n) is 4.70. The second kappa shape index (κ2) is 8.61. The number of carbonyl (C=O) groups excluding carboxylic acids is 1. The smallest absolute Gasteiger partial charge is 0.319 e. The van der Waals surface area contributed by atoms with Crippen LogP contribution in [0.4, 0.5) is 10.5 Å². The number of urea groups is 1. The van der Waals surface area contributed by atoms with Crippen molar-refractivity contribution in [2.24, 2.45) is 0 Å². The highest BCUT2D eigenvalue weighted by molar-refractivity contribution is 6.43. The predicted molar refractivity (Wildman–Crippen MR) is 121 cm³/mol. The number of carbonyl (C=O) groups is 1. The van der Waals surface area contributed by atoms with E-state index in [0.717, 1.165) is 27.5 Å². The van der Waals surface area contributed by atoms with Gasteiger partial charge in [0.1, 0.15) is 5.75 Å². The van der Waals surface area contributed by atoms with Gasteiger partial charge < -0.3 is 15.7 Å². The first kappa shape index (κ1) is 20.0. The molecule has 4 aromatic rings. The molecule has 1 heterocycles. The van der Waals surface area contributed by atoms with Crippen LogP contribution in [-0.2, 0) is 6.54 Å². The van der Waals surface area contributed by atoms with E-state index in [1.165, 1.54) is 0 Å². The average molecular weight is 438 g/mol. The third-order valence-corrected chi connectivity index (χ3v) is 5.52. The molecule has 0 fully saturated rings. The van der Waals surface area contributed by atoms with Crippen LogP contribution in [-0.4, -0.2) is 16.1 Å². The molecule has 2 amide bonds. The highest BCUT2D eigenvalue weighted by atomic mass is 35.5. The van der Waals surface area contributed by atoms with Crippen molar-refractivity contribution in [3.63, 3.8) is 0 Å². The van der Waals surface area contributed by atoms with E-state index in [9.17, 15) is 9.90 Å². The molecule has 0 saturated heterocycles. The zero-order valence-corrected chi connectivity index (χ0v) is 17.2. The maximum atomic E-state index is 12.3. The number of fused-ring (bicyclic) bond motifs is 1. The second-order valence-corrected chi connectivity index (χ2v) is 7.44. The van der Waals surface area contributed by atoms with Crippen molar-refractivity contribution in [2.45, 2.75) is 6.54 Å². The fourth-order valence-electron chi connectivity index (χ4n) is 3.27. The van der Waals surface area contributed by atoms with Crippen LogP contribution >= 0.6 is 23.2 Å². The van der Waals surface area contributed by atoms with E-state index in [4.69, 9.17) is 23.2 Å². The first-order valence-corrected chi connectivity index (χ1v) is 9.92. The number of aromatic nitrogens is 1. The van der Waals surface area contributed by atoms with Crippen molar-refractivity contribution >= 4 is 45.7 Å². The number of hydrogen-bond acceptors (Lipinski definition) is 3. The summed E-state index contributed by atoms with van der Waals surface area (Å²) in [6.07, 6.45) is 3.49. The highest BCUT2D eigenvalue weighted by Crippen LogP contribution is 2.32. The minimum absolute atomic E-state index is 0.205. The molecule has 0 bridgehead atoms. The van der Waals surface area contributed by atoms with E-state index in [2.05, 4.69) is 15.6 Å². The molecule has 1 aromatic heterocycles. The van der Waals surface area contributed by atoms with Gasteiger partial charge in [0, 0.05) is 24.3 Å². The minimum atomic E-state index is -0.395. The van der Waals surface area contributed by atoms with Crippen LogP contribution < -0.4 is 10.6 Å². The van der Waals surface area contributed by atoms with Crippen LogP contribution in [0.15, 0.2) is 73.1 Å².